The number of urea groups is 1. The molecule has 4 heteroatoms. The van der Waals surface area contributed by atoms with Crippen LogP contribution in [0.5, 0.6) is 0 Å². The Morgan fingerprint density at radius 1 is 1.28 bits per heavy atom. The van der Waals surface area contributed by atoms with Crippen molar-refractivity contribution in [2.24, 2.45) is 0 Å². The first kappa shape index (κ1) is 14.2. The number of para-hydroxylation sites is 1. The fourth-order valence-corrected chi connectivity index (χ4v) is 1.71. The van der Waals surface area contributed by atoms with Crippen LogP contribution in [0.25, 0.3) is 0 Å². The van der Waals surface area contributed by atoms with Crippen molar-refractivity contribution in [2.45, 2.75) is 33.6 Å². The second-order valence-electron chi connectivity index (χ2n) is 4.30. The van der Waals surface area contributed by atoms with Crippen LogP contribution in [0.15, 0.2) is 18.2 Å². The van der Waals surface area contributed by atoms with E-state index in [1.807, 2.05) is 32.0 Å². The molecule has 1 rings (SSSR count). The van der Waals surface area contributed by atoms with Gasteiger partial charge in [0.2, 0.25) is 0 Å². The van der Waals surface area contributed by atoms with Crippen molar-refractivity contribution in [3.63, 3.8) is 0 Å². The molecule has 0 saturated heterocycles. The third kappa shape index (κ3) is 4.20. The Hall–Kier alpha value is -1.84. The van der Waals surface area contributed by atoms with Crippen LogP contribution >= 0.6 is 0 Å². The number of aryl methyl sites for hydroxylation is 2. The highest BCUT2D eigenvalue weighted by molar-refractivity contribution is 5.91. The summed E-state index contributed by atoms with van der Waals surface area (Å²) in [4.78, 5) is 22.4. The summed E-state index contributed by atoms with van der Waals surface area (Å²) in [6.45, 7) is 5.89. The summed E-state index contributed by atoms with van der Waals surface area (Å²) in [5.41, 5.74) is 3.01. The number of anilines is 1. The van der Waals surface area contributed by atoms with Crippen LogP contribution in [-0.2, 0) is 11.2 Å². The summed E-state index contributed by atoms with van der Waals surface area (Å²) in [5, 5.41) is 5.51. The number of hydrogen-bond donors (Lipinski definition) is 2. The smallest absolute Gasteiger partial charge is 0.319 e. The zero-order valence-corrected chi connectivity index (χ0v) is 11.2. The van der Waals surface area contributed by atoms with Crippen molar-refractivity contribution in [3.8, 4) is 0 Å². The molecule has 1 aromatic rings. The van der Waals surface area contributed by atoms with Crippen molar-refractivity contribution in [1.29, 1.82) is 0 Å². The standard InChI is InChI=1S/C14H20N2O2/c1-4-12-7-5-6-10(2)13(12)16-14(18)15-9-8-11(3)17/h5-7H,4,8-9H2,1-3H3,(H2,15,16,18). The molecule has 0 bridgehead atoms. The van der Waals surface area contributed by atoms with Crippen molar-refractivity contribution in [1.82, 2.24) is 5.32 Å². The van der Waals surface area contributed by atoms with E-state index in [4.69, 9.17) is 0 Å². The number of Topliss-reactive ketones (excluding diaryl/α,β-unsaturated/α-hetero) is 1. The molecule has 98 valence electrons. The Balaban J connectivity index is 2.61. The number of hydrogen-bond acceptors (Lipinski definition) is 2. The molecule has 0 aliphatic heterocycles. The van der Waals surface area contributed by atoms with Crippen LogP contribution in [0.3, 0.4) is 0 Å². The van der Waals surface area contributed by atoms with Gasteiger partial charge in [0.1, 0.15) is 5.78 Å². The van der Waals surface area contributed by atoms with E-state index >= 15 is 0 Å². The molecule has 2 amide bonds. The summed E-state index contributed by atoms with van der Waals surface area (Å²) in [5.74, 6) is 0.0699. The van der Waals surface area contributed by atoms with E-state index in [0.717, 1.165) is 23.2 Å². The molecule has 0 aromatic heterocycles. The van der Waals surface area contributed by atoms with Crippen molar-refractivity contribution < 1.29 is 9.59 Å². The molecule has 0 saturated carbocycles. The number of carbonyl (C=O) groups is 2. The molecule has 2 N–H and O–H groups in total. The van der Waals surface area contributed by atoms with Gasteiger partial charge >= 0.3 is 6.03 Å². The van der Waals surface area contributed by atoms with Gasteiger partial charge in [0, 0.05) is 18.7 Å². The van der Waals surface area contributed by atoms with Crippen molar-refractivity contribution >= 4 is 17.5 Å². The second kappa shape index (κ2) is 6.79. The number of nitrogens with one attached hydrogen (secondary N) is 2. The number of carbonyl (C=O) groups excluding carboxylic acids is 2. The quantitative estimate of drug-likeness (QED) is 0.841. The van der Waals surface area contributed by atoms with Gasteiger partial charge in [-0.05, 0) is 31.4 Å². The predicted molar refractivity (Wildman–Crippen MR) is 72.9 cm³/mol. The lowest BCUT2D eigenvalue weighted by Crippen LogP contribution is -2.31. The summed E-state index contributed by atoms with van der Waals surface area (Å²) in [6.07, 6.45) is 1.23. The summed E-state index contributed by atoms with van der Waals surface area (Å²) < 4.78 is 0. The van der Waals surface area contributed by atoms with Crippen molar-refractivity contribution in [3.05, 3.63) is 29.3 Å². The van der Waals surface area contributed by atoms with Crippen LogP contribution in [0, 0.1) is 6.92 Å². The molecule has 0 aliphatic rings. The van der Waals surface area contributed by atoms with Gasteiger partial charge in [0.15, 0.2) is 0 Å². The van der Waals surface area contributed by atoms with Gasteiger partial charge in [0.05, 0.1) is 0 Å². The van der Waals surface area contributed by atoms with Crippen LogP contribution in [-0.4, -0.2) is 18.4 Å². The molecule has 0 heterocycles. The molecule has 0 radical (unpaired) electrons. The third-order valence-electron chi connectivity index (χ3n) is 2.74. The monoisotopic (exact) mass is 248 g/mol. The average molecular weight is 248 g/mol. The lowest BCUT2D eigenvalue weighted by molar-refractivity contribution is -0.116. The van der Waals surface area contributed by atoms with Gasteiger partial charge in [-0.2, -0.15) is 0 Å². The molecule has 0 fully saturated rings. The maximum absolute atomic E-state index is 11.7. The Morgan fingerprint density at radius 2 is 2.00 bits per heavy atom. The molecule has 1 aromatic carbocycles. The zero-order valence-electron chi connectivity index (χ0n) is 11.2. The fraction of sp³-hybridized carbons (Fsp3) is 0.429. The molecule has 0 atom stereocenters. The molecular weight excluding hydrogens is 228 g/mol. The normalized spacial score (nSPS) is 9.94. The van der Waals surface area contributed by atoms with Gasteiger partial charge in [0.25, 0.3) is 0 Å². The first-order chi connectivity index (χ1) is 8.54. The van der Waals surface area contributed by atoms with Gasteiger partial charge < -0.3 is 10.6 Å². The number of rotatable bonds is 5. The molecule has 18 heavy (non-hydrogen) atoms. The lowest BCUT2D eigenvalue weighted by atomic mass is 10.1. The van der Waals surface area contributed by atoms with E-state index in [9.17, 15) is 9.59 Å². The van der Waals surface area contributed by atoms with E-state index in [1.165, 1.54) is 6.92 Å². The summed E-state index contributed by atoms with van der Waals surface area (Å²) in [6, 6.07) is 5.68. The van der Waals surface area contributed by atoms with E-state index in [0.29, 0.717) is 13.0 Å². The highest BCUT2D eigenvalue weighted by Gasteiger charge is 2.07. The largest absolute Gasteiger partial charge is 0.337 e. The Bertz CT molecular complexity index is 441. The highest BCUT2D eigenvalue weighted by atomic mass is 16.2. The minimum atomic E-state index is -0.264. The average Bonchev–Trinajstić information content (AvgIpc) is 2.31. The minimum absolute atomic E-state index is 0.0699. The maximum atomic E-state index is 11.7. The lowest BCUT2D eigenvalue weighted by Gasteiger charge is -2.13. The summed E-state index contributed by atoms with van der Waals surface area (Å²) >= 11 is 0. The number of benzene rings is 1. The first-order valence-corrected chi connectivity index (χ1v) is 6.17. The Labute approximate surface area is 108 Å². The topological polar surface area (TPSA) is 58.2 Å². The van der Waals surface area contributed by atoms with Gasteiger partial charge in [-0.3, -0.25) is 4.79 Å². The molecule has 0 spiro atoms. The highest BCUT2D eigenvalue weighted by Crippen LogP contribution is 2.20. The molecule has 4 nitrogen and oxygen atoms in total. The van der Waals surface area contributed by atoms with E-state index < -0.39 is 0 Å². The second-order valence-corrected chi connectivity index (χ2v) is 4.30. The van der Waals surface area contributed by atoms with Gasteiger partial charge in [-0.15, -0.1) is 0 Å². The Morgan fingerprint density at radius 3 is 2.61 bits per heavy atom. The third-order valence-corrected chi connectivity index (χ3v) is 2.74. The number of amides is 2. The van der Waals surface area contributed by atoms with Crippen LogP contribution in [0.1, 0.15) is 31.4 Å². The van der Waals surface area contributed by atoms with E-state index in [-0.39, 0.29) is 11.8 Å². The molecule has 0 unspecified atom stereocenters. The summed E-state index contributed by atoms with van der Waals surface area (Å²) in [7, 11) is 0. The van der Waals surface area contributed by atoms with E-state index in [2.05, 4.69) is 10.6 Å². The van der Waals surface area contributed by atoms with Crippen molar-refractivity contribution in [2.75, 3.05) is 11.9 Å². The van der Waals surface area contributed by atoms with Crippen LogP contribution < -0.4 is 10.6 Å². The Kier molecular flexibility index (Phi) is 5.36. The number of ketones is 1. The SMILES string of the molecule is CCc1cccc(C)c1NC(=O)NCCC(C)=O. The molecular formula is C14H20N2O2. The van der Waals surface area contributed by atoms with E-state index in [1.54, 1.807) is 0 Å². The van der Waals surface area contributed by atoms with Gasteiger partial charge in [-0.25, -0.2) is 4.79 Å². The van der Waals surface area contributed by atoms with Crippen LogP contribution in [0.4, 0.5) is 10.5 Å². The fourth-order valence-electron chi connectivity index (χ4n) is 1.71. The predicted octanol–water partition coefficient (Wildman–Crippen LogP) is 2.66. The minimum Gasteiger partial charge on any atom is -0.337 e. The zero-order chi connectivity index (χ0) is 13.5. The van der Waals surface area contributed by atoms with Crippen LogP contribution in [0.2, 0.25) is 0 Å². The maximum Gasteiger partial charge on any atom is 0.319 e. The van der Waals surface area contributed by atoms with Gasteiger partial charge in [-0.1, -0.05) is 25.1 Å². The first-order valence-electron chi connectivity index (χ1n) is 6.17. The molecule has 0 aliphatic carbocycles.